The number of ether oxygens (including phenoxy) is 1. The molecule has 1 N–H and O–H groups in total. The van der Waals surface area contributed by atoms with Crippen LogP contribution in [0.2, 0.25) is 0 Å². The highest BCUT2D eigenvalue weighted by Crippen LogP contribution is 2.19. The molecule has 4 heteroatoms. The molecule has 0 fully saturated rings. The van der Waals surface area contributed by atoms with Gasteiger partial charge in [0.15, 0.2) is 0 Å². The minimum absolute atomic E-state index is 0.111. The second-order valence-electron chi connectivity index (χ2n) is 6.88. The predicted octanol–water partition coefficient (Wildman–Crippen LogP) is 4.36. The number of hydrogen-bond acceptors (Lipinski definition) is 2. The zero-order chi connectivity index (χ0) is 16.3. The maximum absolute atomic E-state index is 12.3. The van der Waals surface area contributed by atoms with E-state index in [9.17, 15) is 4.79 Å². The highest BCUT2D eigenvalue weighted by Gasteiger charge is 2.24. The fourth-order valence-corrected chi connectivity index (χ4v) is 2.46. The van der Waals surface area contributed by atoms with Gasteiger partial charge in [-0.1, -0.05) is 18.2 Å². The van der Waals surface area contributed by atoms with E-state index >= 15 is 0 Å². The van der Waals surface area contributed by atoms with Crippen LogP contribution < -0.4 is 0 Å². The Morgan fingerprint density at radius 1 is 1.27 bits per heavy atom. The number of hydrogen-bond donors (Lipinski definition) is 1. The number of para-hydroxylation sites is 1. The Balaban J connectivity index is 2.07. The summed E-state index contributed by atoms with van der Waals surface area (Å²) in [6.45, 7) is 10.3. The van der Waals surface area contributed by atoms with Gasteiger partial charge < -0.3 is 14.6 Å². The largest absolute Gasteiger partial charge is 0.444 e. The van der Waals surface area contributed by atoms with Gasteiger partial charge in [-0.25, -0.2) is 4.79 Å². The van der Waals surface area contributed by atoms with Crippen LogP contribution >= 0.6 is 0 Å². The third-order valence-electron chi connectivity index (χ3n) is 3.55. The minimum atomic E-state index is -0.467. The van der Waals surface area contributed by atoms with E-state index in [4.69, 9.17) is 4.74 Å². The number of carbonyl (C=O) groups is 1. The Hall–Kier alpha value is -1.97. The summed E-state index contributed by atoms with van der Waals surface area (Å²) in [4.78, 5) is 17.4. The van der Waals surface area contributed by atoms with Crippen LogP contribution in [0.1, 0.15) is 40.2 Å². The first kappa shape index (κ1) is 16.4. The first-order valence-corrected chi connectivity index (χ1v) is 7.82. The van der Waals surface area contributed by atoms with Gasteiger partial charge in [0.1, 0.15) is 5.60 Å². The highest BCUT2D eigenvalue weighted by atomic mass is 16.6. The minimum Gasteiger partial charge on any atom is -0.444 e. The summed E-state index contributed by atoms with van der Waals surface area (Å²) >= 11 is 0. The molecule has 120 valence electrons. The lowest BCUT2D eigenvalue weighted by Crippen LogP contribution is -2.42. The van der Waals surface area contributed by atoms with Gasteiger partial charge in [0.05, 0.1) is 0 Å². The summed E-state index contributed by atoms with van der Waals surface area (Å²) in [6, 6.07) is 8.33. The van der Waals surface area contributed by atoms with E-state index in [2.05, 4.69) is 17.1 Å². The summed E-state index contributed by atoms with van der Waals surface area (Å²) < 4.78 is 5.50. The molecule has 2 aromatic rings. The van der Waals surface area contributed by atoms with Crippen LogP contribution in [0.25, 0.3) is 10.9 Å². The Kier molecular flexibility index (Phi) is 4.79. The lowest BCUT2D eigenvalue weighted by atomic mass is 10.1. The molecule has 0 aliphatic heterocycles. The number of carbonyl (C=O) groups excluding carboxylic acids is 1. The molecule has 0 aliphatic rings. The molecule has 0 saturated heterocycles. The fraction of sp³-hybridized carbons (Fsp3) is 0.500. The van der Waals surface area contributed by atoms with Gasteiger partial charge in [-0.05, 0) is 52.7 Å². The molecule has 1 amide bonds. The monoisotopic (exact) mass is 302 g/mol. The third-order valence-corrected chi connectivity index (χ3v) is 3.55. The van der Waals surface area contributed by atoms with Crippen LogP contribution in [-0.2, 0) is 11.2 Å². The van der Waals surface area contributed by atoms with Crippen LogP contribution in [0.5, 0.6) is 0 Å². The summed E-state index contributed by atoms with van der Waals surface area (Å²) in [5.41, 5.74) is 1.89. The number of amides is 1. The molecule has 22 heavy (non-hydrogen) atoms. The Labute approximate surface area is 132 Å². The first-order valence-electron chi connectivity index (χ1n) is 7.82. The number of fused-ring (bicyclic) bond motifs is 1. The standard InChI is InChI=1S/C18H26N2O2/c1-13(2)20(17(21)22-18(3,4)5)11-10-14-12-19-16-9-7-6-8-15(14)16/h6-9,12-13,19H,10-11H2,1-5H3. The third kappa shape index (κ3) is 4.03. The maximum Gasteiger partial charge on any atom is 0.410 e. The van der Waals surface area contributed by atoms with Crippen molar-refractivity contribution in [1.29, 1.82) is 0 Å². The van der Waals surface area contributed by atoms with E-state index in [0.717, 1.165) is 11.9 Å². The smallest absolute Gasteiger partial charge is 0.410 e. The highest BCUT2D eigenvalue weighted by molar-refractivity contribution is 5.83. The lowest BCUT2D eigenvalue weighted by Gasteiger charge is -2.30. The second-order valence-corrected chi connectivity index (χ2v) is 6.88. The van der Waals surface area contributed by atoms with Crippen LogP contribution in [0.15, 0.2) is 30.5 Å². The Morgan fingerprint density at radius 3 is 2.59 bits per heavy atom. The SMILES string of the molecule is CC(C)N(CCc1c[nH]c2ccccc12)C(=O)OC(C)(C)C. The van der Waals surface area contributed by atoms with Crippen molar-refractivity contribution < 1.29 is 9.53 Å². The quantitative estimate of drug-likeness (QED) is 0.912. The molecule has 0 bridgehead atoms. The summed E-state index contributed by atoms with van der Waals surface area (Å²) in [5.74, 6) is 0. The summed E-state index contributed by atoms with van der Waals surface area (Å²) in [6.07, 6.45) is 2.59. The predicted molar refractivity (Wildman–Crippen MR) is 90.1 cm³/mol. The van der Waals surface area contributed by atoms with E-state index in [-0.39, 0.29) is 12.1 Å². The van der Waals surface area contributed by atoms with Crippen molar-refractivity contribution in [2.45, 2.75) is 52.7 Å². The van der Waals surface area contributed by atoms with E-state index in [1.165, 1.54) is 10.9 Å². The maximum atomic E-state index is 12.3. The number of H-pyrrole nitrogens is 1. The zero-order valence-electron chi connectivity index (χ0n) is 14.1. The molecule has 0 atom stereocenters. The first-order chi connectivity index (χ1) is 10.3. The van der Waals surface area contributed by atoms with E-state index in [1.54, 1.807) is 4.90 Å². The van der Waals surface area contributed by atoms with Crippen molar-refractivity contribution in [2.24, 2.45) is 0 Å². The number of nitrogens with one attached hydrogen (secondary N) is 1. The molecule has 0 radical (unpaired) electrons. The van der Waals surface area contributed by atoms with Gasteiger partial charge >= 0.3 is 6.09 Å². The number of aromatic nitrogens is 1. The van der Waals surface area contributed by atoms with Gasteiger partial charge in [0, 0.05) is 29.7 Å². The number of benzene rings is 1. The van der Waals surface area contributed by atoms with Gasteiger partial charge in [-0.3, -0.25) is 0 Å². The van der Waals surface area contributed by atoms with E-state index in [1.807, 2.05) is 52.9 Å². The molecule has 1 aromatic carbocycles. The molecular weight excluding hydrogens is 276 g/mol. The van der Waals surface area contributed by atoms with Gasteiger partial charge in [-0.15, -0.1) is 0 Å². The Bertz CT molecular complexity index is 638. The summed E-state index contributed by atoms with van der Waals surface area (Å²) in [5, 5.41) is 1.22. The molecule has 1 heterocycles. The topological polar surface area (TPSA) is 45.3 Å². The normalized spacial score (nSPS) is 11.9. The van der Waals surface area contributed by atoms with Crippen LogP contribution in [0, 0.1) is 0 Å². The molecule has 0 unspecified atom stereocenters. The molecule has 2 rings (SSSR count). The van der Waals surface area contributed by atoms with Crippen molar-refractivity contribution in [3.8, 4) is 0 Å². The summed E-state index contributed by atoms with van der Waals surface area (Å²) in [7, 11) is 0. The molecule has 1 aromatic heterocycles. The zero-order valence-corrected chi connectivity index (χ0v) is 14.1. The fourth-order valence-electron chi connectivity index (χ4n) is 2.46. The van der Waals surface area contributed by atoms with Crippen molar-refractivity contribution in [3.05, 3.63) is 36.0 Å². The molecule has 0 spiro atoms. The van der Waals surface area contributed by atoms with Crippen molar-refractivity contribution in [2.75, 3.05) is 6.54 Å². The van der Waals surface area contributed by atoms with Crippen LogP contribution in [0.4, 0.5) is 4.79 Å². The number of aromatic amines is 1. The van der Waals surface area contributed by atoms with E-state index < -0.39 is 5.60 Å². The van der Waals surface area contributed by atoms with Crippen molar-refractivity contribution in [3.63, 3.8) is 0 Å². The lowest BCUT2D eigenvalue weighted by molar-refractivity contribution is 0.0194. The number of rotatable bonds is 4. The van der Waals surface area contributed by atoms with Crippen LogP contribution in [-0.4, -0.2) is 34.2 Å². The van der Waals surface area contributed by atoms with Crippen molar-refractivity contribution >= 4 is 17.0 Å². The van der Waals surface area contributed by atoms with Gasteiger partial charge in [-0.2, -0.15) is 0 Å². The number of nitrogens with zero attached hydrogens (tertiary/aromatic N) is 1. The molecular formula is C18H26N2O2. The second kappa shape index (κ2) is 6.42. The average molecular weight is 302 g/mol. The molecule has 0 aliphatic carbocycles. The van der Waals surface area contributed by atoms with Gasteiger partial charge in [0.25, 0.3) is 0 Å². The van der Waals surface area contributed by atoms with Gasteiger partial charge in [0.2, 0.25) is 0 Å². The average Bonchev–Trinajstić information content (AvgIpc) is 2.80. The van der Waals surface area contributed by atoms with Crippen molar-refractivity contribution in [1.82, 2.24) is 9.88 Å². The Morgan fingerprint density at radius 2 is 1.95 bits per heavy atom. The molecule has 0 saturated carbocycles. The van der Waals surface area contributed by atoms with E-state index in [0.29, 0.717) is 6.54 Å². The van der Waals surface area contributed by atoms with Crippen LogP contribution in [0.3, 0.4) is 0 Å². The molecule has 4 nitrogen and oxygen atoms in total.